The monoisotopic (exact) mass is 675 g/mol. The van der Waals surface area contributed by atoms with E-state index in [1.165, 1.54) is 0 Å². The van der Waals surface area contributed by atoms with Crippen molar-refractivity contribution >= 4 is 52.9 Å². The molecule has 1 aromatic carbocycles. The first-order valence-corrected chi connectivity index (χ1v) is 16.8. The van der Waals surface area contributed by atoms with Gasteiger partial charge in [0, 0.05) is 64.2 Å². The summed E-state index contributed by atoms with van der Waals surface area (Å²) in [5.74, 6) is -2.51. The Morgan fingerprint density at radius 2 is 1.74 bits per heavy atom. The Bertz CT molecular complexity index is 1300. The van der Waals surface area contributed by atoms with Gasteiger partial charge in [-0.2, -0.15) is 0 Å². The standard InChI is InChI=1S/C32H45N5O9S/c1-45-14-2-3-22(38)11-13-37-28(40)17-27(31(37)43)47-18-21(30(35)42)16-26(39)24(33)10-12-36-32(44)46-23-8-4-19(5-9-23)15-25(34)29(41)20-6-7-20/h4-5,8-9,20-21,24-25,27H,2-3,6-7,10-18,33-34H2,1H3,(H2,35,42)(H,36,44)/t21-,24-,25-,27?/m0/s1. The smallest absolute Gasteiger partial charge is 0.410 e. The zero-order chi connectivity index (χ0) is 34.5. The fraction of sp³-hybridized carbons (Fsp3) is 0.594. The van der Waals surface area contributed by atoms with E-state index >= 15 is 0 Å². The molecule has 15 heteroatoms. The van der Waals surface area contributed by atoms with Gasteiger partial charge in [0.1, 0.15) is 17.3 Å². The van der Waals surface area contributed by atoms with Gasteiger partial charge in [-0.1, -0.05) is 12.1 Å². The summed E-state index contributed by atoms with van der Waals surface area (Å²) in [5.41, 5.74) is 18.4. The number of methoxy groups -OCH3 is 1. The summed E-state index contributed by atoms with van der Waals surface area (Å²) >= 11 is 1.07. The topological polar surface area (TPSA) is 231 Å². The molecule has 2 aliphatic rings. The maximum atomic E-state index is 12.8. The van der Waals surface area contributed by atoms with Gasteiger partial charge in [0.2, 0.25) is 17.7 Å². The zero-order valence-corrected chi connectivity index (χ0v) is 27.5. The number of imide groups is 1. The molecule has 2 fully saturated rings. The molecule has 4 atom stereocenters. The van der Waals surface area contributed by atoms with Crippen LogP contribution in [0.3, 0.4) is 0 Å². The Kier molecular flexibility index (Phi) is 15.0. The molecule has 0 bridgehead atoms. The van der Waals surface area contributed by atoms with Crippen LogP contribution in [-0.4, -0.2) is 96.0 Å². The molecule has 0 radical (unpaired) electrons. The number of thioether (sulfide) groups is 1. The minimum Gasteiger partial charge on any atom is -0.410 e. The highest BCUT2D eigenvalue weighted by Crippen LogP contribution is 2.31. The van der Waals surface area contributed by atoms with Crippen LogP contribution in [-0.2, 0) is 39.9 Å². The van der Waals surface area contributed by atoms with Gasteiger partial charge < -0.3 is 32.0 Å². The maximum absolute atomic E-state index is 12.8. The van der Waals surface area contributed by atoms with E-state index < -0.39 is 52.8 Å². The summed E-state index contributed by atoms with van der Waals surface area (Å²) in [7, 11) is 1.54. The van der Waals surface area contributed by atoms with Gasteiger partial charge in [-0.05, 0) is 49.8 Å². The number of rotatable bonds is 22. The number of nitrogens with one attached hydrogen (secondary N) is 1. The quantitative estimate of drug-likeness (QED) is 0.0980. The number of primary amides is 1. The largest absolute Gasteiger partial charge is 0.412 e. The van der Waals surface area contributed by atoms with Crippen LogP contribution in [0.1, 0.15) is 56.9 Å². The third kappa shape index (κ3) is 12.5. The summed E-state index contributed by atoms with van der Waals surface area (Å²) in [6.07, 6.45) is 2.13. The number of ketones is 3. The van der Waals surface area contributed by atoms with E-state index in [1.54, 1.807) is 31.4 Å². The number of hydrogen-bond donors (Lipinski definition) is 4. The van der Waals surface area contributed by atoms with Gasteiger partial charge in [0.05, 0.1) is 23.3 Å². The molecule has 7 N–H and O–H groups in total. The second-order valence-corrected chi connectivity index (χ2v) is 13.1. The molecule has 0 aromatic heterocycles. The number of carbonyl (C=O) groups excluding carboxylic acids is 7. The van der Waals surface area contributed by atoms with E-state index in [1.807, 2.05) is 0 Å². The molecule has 3 rings (SSSR count). The van der Waals surface area contributed by atoms with Crippen molar-refractivity contribution in [3.05, 3.63) is 29.8 Å². The highest BCUT2D eigenvalue weighted by atomic mass is 32.2. The number of amides is 4. The van der Waals surface area contributed by atoms with Crippen LogP contribution in [0, 0.1) is 11.8 Å². The van der Waals surface area contributed by atoms with E-state index in [9.17, 15) is 33.6 Å². The van der Waals surface area contributed by atoms with Gasteiger partial charge in [-0.15, -0.1) is 11.8 Å². The summed E-state index contributed by atoms with van der Waals surface area (Å²) in [6, 6.07) is 5.11. The highest BCUT2D eigenvalue weighted by Gasteiger charge is 2.39. The van der Waals surface area contributed by atoms with Crippen LogP contribution in [0.5, 0.6) is 5.75 Å². The van der Waals surface area contributed by atoms with Crippen molar-refractivity contribution in [2.45, 2.75) is 75.1 Å². The number of benzene rings is 1. The second-order valence-electron chi connectivity index (χ2n) is 11.9. The summed E-state index contributed by atoms with van der Waals surface area (Å²) in [6.45, 7) is 0.478. The molecule has 1 saturated carbocycles. The predicted octanol–water partition coefficient (Wildman–Crippen LogP) is 0.649. The number of ether oxygens (including phenoxy) is 2. The molecule has 47 heavy (non-hydrogen) atoms. The summed E-state index contributed by atoms with van der Waals surface area (Å²) in [5, 5.41) is 1.79. The molecular formula is C32H45N5O9S. The van der Waals surface area contributed by atoms with Gasteiger partial charge in [0.15, 0.2) is 5.78 Å². The first-order chi connectivity index (χ1) is 22.4. The molecule has 1 unspecified atom stereocenters. The number of likely N-dealkylation sites (tertiary alicyclic amines) is 1. The molecule has 0 spiro atoms. The van der Waals surface area contributed by atoms with Crippen LogP contribution >= 0.6 is 11.8 Å². The van der Waals surface area contributed by atoms with Crippen molar-refractivity contribution in [3.8, 4) is 5.75 Å². The van der Waals surface area contributed by atoms with Gasteiger partial charge in [0.25, 0.3) is 0 Å². The highest BCUT2D eigenvalue weighted by molar-refractivity contribution is 8.00. The maximum Gasteiger partial charge on any atom is 0.412 e. The third-order valence-corrected chi connectivity index (χ3v) is 9.41. The van der Waals surface area contributed by atoms with Crippen LogP contribution in [0.15, 0.2) is 24.3 Å². The van der Waals surface area contributed by atoms with Crippen molar-refractivity contribution in [1.29, 1.82) is 0 Å². The van der Waals surface area contributed by atoms with Gasteiger partial charge >= 0.3 is 6.09 Å². The fourth-order valence-corrected chi connectivity index (χ4v) is 6.29. The van der Waals surface area contributed by atoms with Crippen molar-refractivity contribution in [2.75, 3.05) is 32.6 Å². The lowest BCUT2D eigenvalue weighted by molar-refractivity contribution is -0.138. The normalized spacial score (nSPS) is 18.0. The first-order valence-electron chi connectivity index (χ1n) is 15.8. The Labute approximate surface area is 278 Å². The Balaban J connectivity index is 1.36. The lowest BCUT2D eigenvalue weighted by Gasteiger charge is -2.18. The lowest BCUT2D eigenvalue weighted by Crippen LogP contribution is -2.39. The molecule has 258 valence electrons. The Morgan fingerprint density at radius 1 is 1.04 bits per heavy atom. The van der Waals surface area contributed by atoms with Crippen LogP contribution in [0.2, 0.25) is 0 Å². The van der Waals surface area contributed by atoms with Crippen molar-refractivity contribution in [1.82, 2.24) is 10.2 Å². The van der Waals surface area contributed by atoms with E-state index in [4.69, 9.17) is 26.7 Å². The van der Waals surface area contributed by atoms with Gasteiger partial charge in [-0.25, -0.2) is 4.79 Å². The zero-order valence-electron chi connectivity index (χ0n) is 26.7. The molecule has 1 aromatic rings. The molecule has 1 aliphatic heterocycles. The SMILES string of the molecule is COCCCC(=O)CCN1C(=O)CC(SC[C@H](CC(=O)[C@@H](N)CCNC(=O)Oc2ccc(C[C@H](N)C(=O)C3CC3)cc2)C(N)=O)C1=O. The number of nitrogens with zero attached hydrogens (tertiary/aromatic N) is 1. The molecule has 14 nitrogen and oxygen atoms in total. The summed E-state index contributed by atoms with van der Waals surface area (Å²) < 4.78 is 10.2. The minimum atomic E-state index is -0.990. The van der Waals surface area contributed by atoms with Gasteiger partial charge in [-0.3, -0.25) is 33.7 Å². The van der Waals surface area contributed by atoms with Crippen LogP contribution in [0.25, 0.3) is 0 Å². The number of Topliss-reactive ketones (excluding diaryl/α,β-unsaturated/α-hetero) is 3. The van der Waals surface area contributed by atoms with E-state index in [0.717, 1.165) is 35.1 Å². The molecule has 1 heterocycles. The van der Waals surface area contributed by atoms with E-state index in [2.05, 4.69) is 5.32 Å². The fourth-order valence-electron chi connectivity index (χ4n) is 5.01. The molecular weight excluding hydrogens is 630 g/mol. The molecule has 1 aliphatic carbocycles. The third-order valence-electron chi connectivity index (χ3n) is 8.04. The second kappa shape index (κ2) is 18.6. The average Bonchev–Trinajstić information content (AvgIpc) is 3.84. The summed E-state index contributed by atoms with van der Waals surface area (Å²) in [4.78, 5) is 87.4. The van der Waals surface area contributed by atoms with Crippen molar-refractivity contribution < 1.29 is 43.0 Å². The number of nitrogens with two attached hydrogens (primary N) is 3. The molecule has 1 saturated heterocycles. The predicted molar refractivity (Wildman–Crippen MR) is 173 cm³/mol. The Morgan fingerprint density at radius 3 is 2.38 bits per heavy atom. The average molecular weight is 676 g/mol. The van der Waals surface area contributed by atoms with Crippen molar-refractivity contribution in [3.63, 3.8) is 0 Å². The van der Waals surface area contributed by atoms with E-state index in [-0.39, 0.29) is 67.8 Å². The number of hydrogen-bond acceptors (Lipinski definition) is 12. The molecule has 4 amide bonds. The van der Waals surface area contributed by atoms with E-state index in [0.29, 0.717) is 25.9 Å². The number of carbonyl (C=O) groups is 7. The Hall–Kier alpha value is -3.66. The first kappa shape index (κ1) is 37.8. The lowest BCUT2D eigenvalue weighted by atomic mass is 9.98. The van der Waals surface area contributed by atoms with Crippen molar-refractivity contribution in [2.24, 2.45) is 29.0 Å². The van der Waals surface area contributed by atoms with Crippen LogP contribution in [0.4, 0.5) is 4.79 Å². The minimum absolute atomic E-state index is 0.000345. The van der Waals surface area contributed by atoms with Crippen LogP contribution < -0.4 is 27.3 Å².